The SMILES string of the molecule is Cc1ccc(C(c2ccccc2OCc2ccccc2)N2CCCC2C(=O)O)cc1. The van der Waals surface area contributed by atoms with Crippen LogP contribution in [-0.4, -0.2) is 28.6 Å². The van der Waals surface area contributed by atoms with Crippen molar-refractivity contribution >= 4 is 5.97 Å². The molecular formula is C26H27NO3. The number of hydrogen-bond donors (Lipinski definition) is 1. The molecule has 0 amide bonds. The standard InChI is InChI=1S/C26H27NO3/c1-19-13-15-21(16-14-19)25(27-17-7-11-23(27)26(28)29)22-10-5-6-12-24(22)30-18-20-8-3-2-4-9-20/h2-6,8-10,12-16,23,25H,7,11,17-18H2,1H3,(H,28,29). The van der Waals surface area contributed by atoms with Crippen molar-refractivity contribution in [3.63, 3.8) is 0 Å². The molecule has 0 saturated carbocycles. The fourth-order valence-electron chi connectivity index (χ4n) is 4.23. The fraction of sp³-hybridized carbons (Fsp3) is 0.269. The Kier molecular flexibility index (Phi) is 6.15. The second kappa shape index (κ2) is 9.14. The molecule has 0 aliphatic carbocycles. The largest absolute Gasteiger partial charge is 0.489 e. The van der Waals surface area contributed by atoms with Crippen molar-refractivity contribution in [3.8, 4) is 5.75 Å². The minimum absolute atomic E-state index is 0.166. The highest BCUT2D eigenvalue weighted by atomic mass is 16.5. The van der Waals surface area contributed by atoms with E-state index in [1.54, 1.807) is 0 Å². The van der Waals surface area contributed by atoms with Crippen molar-refractivity contribution in [1.82, 2.24) is 4.90 Å². The first kappa shape index (κ1) is 20.2. The van der Waals surface area contributed by atoms with Gasteiger partial charge in [0.15, 0.2) is 0 Å². The summed E-state index contributed by atoms with van der Waals surface area (Å²) in [6, 6.07) is 25.8. The third-order valence-electron chi connectivity index (χ3n) is 5.75. The molecule has 1 heterocycles. The Morgan fingerprint density at radius 2 is 1.73 bits per heavy atom. The van der Waals surface area contributed by atoms with Crippen molar-refractivity contribution < 1.29 is 14.6 Å². The van der Waals surface area contributed by atoms with Gasteiger partial charge in [0.1, 0.15) is 18.4 Å². The molecule has 0 bridgehead atoms. The summed E-state index contributed by atoms with van der Waals surface area (Å²) in [5.74, 6) is 0.0373. The molecule has 1 aliphatic heterocycles. The zero-order chi connectivity index (χ0) is 20.9. The second-order valence-corrected chi connectivity index (χ2v) is 7.86. The molecular weight excluding hydrogens is 374 g/mol. The normalized spacial score (nSPS) is 17.6. The molecule has 3 aromatic carbocycles. The lowest BCUT2D eigenvalue weighted by molar-refractivity contribution is -0.142. The van der Waals surface area contributed by atoms with E-state index in [2.05, 4.69) is 42.2 Å². The van der Waals surface area contributed by atoms with Crippen LogP contribution >= 0.6 is 0 Å². The molecule has 154 valence electrons. The molecule has 2 unspecified atom stereocenters. The molecule has 1 saturated heterocycles. The summed E-state index contributed by atoms with van der Waals surface area (Å²) in [4.78, 5) is 14.1. The van der Waals surface area contributed by atoms with E-state index in [0.29, 0.717) is 13.0 Å². The summed E-state index contributed by atoms with van der Waals surface area (Å²) < 4.78 is 6.23. The molecule has 30 heavy (non-hydrogen) atoms. The zero-order valence-corrected chi connectivity index (χ0v) is 17.2. The average molecular weight is 402 g/mol. The van der Waals surface area contributed by atoms with Crippen molar-refractivity contribution in [1.29, 1.82) is 0 Å². The van der Waals surface area contributed by atoms with Gasteiger partial charge in [0.25, 0.3) is 0 Å². The van der Waals surface area contributed by atoms with Crippen LogP contribution in [0.1, 0.15) is 41.1 Å². The lowest BCUT2D eigenvalue weighted by atomic mass is 9.94. The van der Waals surface area contributed by atoms with Crippen LogP contribution in [0.15, 0.2) is 78.9 Å². The van der Waals surface area contributed by atoms with Crippen LogP contribution < -0.4 is 4.74 Å². The van der Waals surface area contributed by atoms with Crippen molar-refractivity contribution in [2.24, 2.45) is 0 Å². The maximum Gasteiger partial charge on any atom is 0.320 e. The summed E-state index contributed by atoms with van der Waals surface area (Å²) >= 11 is 0. The van der Waals surface area contributed by atoms with E-state index in [4.69, 9.17) is 4.74 Å². The third-order valence-corrected chi connectivity index (χ3v) is 5.75. The highest BCUT2D eigenvalue weighted by Gasteiger charge is 2.37. The predicted molar refractivity (Wildman–Crippen MR) is 118 cm³/mol. The Morgan fingerprint density at radius 3 is 2.47 bits per heavy atom. The van der Waals surface area contributed by atoms with Gasteiger partial charge >= 0.3 is 5.97 Å². The lowest BCUT2D eigenvalue weighted by Crippen LogP contribution is -2.39. The summed E-state index contributed by atoms with van der Waals surface area (Å²) in [6.07, 6.45) is 1.55. The van der Waals surface area contributed by atoms with Crippen LogP contribution in [0.2, 0.25) is 0 Å². The topological polar surface area (TPSA) is 49.8 Å². The molecule has 0 spiro atoms. The van der Waals surface area contributed by atoms with Gasteiger partial charge in [-0.05, 0) is 37.0 Å². The van der Waals surface area contributed by atoms with E-state index in [1.165, 1.54) is 5.56 Å². The first-order chi connectivity index (χ1) is 14.6. The number of aliphatic carboxylic acids is 1. The summed E-state index contributed by atoms with van der Waals surface area (Å²) in [6.45, 7) is 3.29. The van der Waals surface area contributed by atoms with Gasteiger partial charge in [-0.15, -0.1) is 0 Å². The predicted octanol–water partition coefficient (Wildman–Crippen LogP) is 5.21. The maximum atomic E-state index is 12.0. The quantitative estimate of drug-likeness (QED) is 0.590. The van der Waals surface area contributed by atoms with Gasteiger partial charge in [0, 0.05) is 12.1 Å². The average Bonchev–Trinajstić information content (AvgIpc) is 3.25. The Labute approximate surface area is 177 Å². The molecule has 4 heteroatoms. The number of benzene rings is 3. The molecule has 0 aromatic heterocycles. The molecule has 3 aromatic rings. The van der Waals surface area contributed by atoms with Crippen molar-refractivity contribution in [2.75, 3.05) is 6.54 Å². The van der Waals surface area contributed by atoms with Crippen molar-refractivity contribution in [3.05, 3.63) is 101 Å². The van der Waals surface area contributed by atoms with Crippen LogP contribution in [-0.2, 0) is 11.4 Å². The first-order valence-corrected chi connectivity index (χ1v) is 10.4. The Bertz CT molecular complexity index is 985. The number of likely N-dealkylation sites (tertiary alicyclic amines) is 1. The van der Waals surface area contributed by atoms with Crippen LogP contribution in [0, 0.1) is 6.92 Å². The first-order valence-electron chi connectivity index (χ1n) is 10.4. The monoisotopic (exact) mass is 401 g/mol. The van der Waals surface area contributed by atoms with Crippen LogP contribution in [0.5, 0.6) is 5.75 Å². The highest BCUT2D eigenvalue weighted by molar-refractivity contribution is 5.74. The molecule has 1 aliphatic rings. The van der Waals surface area contributed by atoms with E-state index in [0.717, 1.165) is 35.4 Å². The van der Waals surface area contributed by atoms with E-state index in [1.807, 2.05) is 48.5 Å². The van der Waals surface area contributed by atoms with Crippen LogP contribution in [0.3, 0.4) is 0 Å². The number of carboxylic acids is 1. The minimum atomic E-state index is -0.757. The number of carboxylic acid groups (broad SMARTS) is 1. The van der Waals surface area contributed by atoms with Crippen LogP contribution in [0.25, 0.3) is 0 Å². The highest BCUT2D eigenvalue weighted by Crippen LogP contribution is 2.39. The van der Waals surface area contributed by atoms with E-state index in [9.17, 15) is 9.90 Å². The van der Waals surface area contributed by atoms with Gasteiger partial charge < -0.3 is 9.84 Å². The van der Waals surface area contributed by atoms with E-state index >= 15 is 0 Å². The number of ether oxygens (including phenoxy) is 1. The number of aryl methyl sites for hydroxylation is 1. The minimum Gasteiger partial charge on any atom is -0.489 e. The Balaban J connectivity index is 1.72. The molecule has 4 rings (SSSR count). The third kappa shape index (κ3) is 4.39. The molecule has 1 fully saturated rings. The second-order valence-electron chi connectivity index (χ2n) is 7.86. The lowest BCUT2D eigenvalue weighted by Gasteiger charge is -2.33. The van der Waals surface area contributed by atoms with Gasteiger partial charge in [0.2, 0.25) is 0 Å². The Hall–Kier alpha value is -3.11. The van der Waals surface area contributed by atoms with Gasteiger partial charge in [-0.2, -0.15) is 0 Å². The number of para-hydroxylation sites is 1. The number of hydrogen-bond acceptors (Lipinski definition) is 3. The summed E-state index contributed by atoms with van der Waals surface area (Å²) in [5, 5.41) is 9.82. The van der Waals surface area contributed by atoms with Gasteiger partial charge in [-0.3, -0.25) is 9.69 Å². The van der Waals surface area contributed by atoms with E-state index < -0.39 is 12.0 Å². The molecule has 0 radical (unpaired) electrons. The van der Waals surface area contributed by atoms with Crippen LogP contribution in [0.4, 0.5) is 0 Å². The van der Waals surface area contributed by atoms with Crippen molar-refractivity contribution in [2.45, 2.75) is 38.5 Å². The summed E-state index contributed by atoms with van der Waals surface area (Å²) in [7, 11) is 0. The zero-order valence-electron chi connectivity index (χ0n) is 17.2. The smallest absolute Gasteiger partial charge is 0.320 e. The fourth-order valence-corrected chi connectivity index (χ4v) is 4.23. The van der Waals surface area contributed by atoms with Gasteiger partial charge in [-0.25, -0.2) is 0 Å². The molecule has 4 nitrogen and oxygen atoms in total. The number of carbonyl (C=O) groups is 1. The number of nitrogens with zero attached hydrogens (tertiary/aromatic N) is 1. The maximum absolute atomic E-state index is 12.0. The van der Waals surface area contributed by atoms with Gasteiger partial charge in [-0.1, -0.05) is 78.4 Å². The number of rotatable bonds is 7. The molecule has 2 atom stereocenters. The summed E-state index contributed by atoms with van der Waals surface area (Å²) in [5.41, 5.74) is 4.38. The molecule has 1 N–H and O–H groups in total. The van der Waals surface area contributed by atoms with E-state index in [-0.39, 0.29) is 6.04 Å². The Morgan fingerprint density at radius 1 is 1.03 bits per heavy atom. The van der Waals surface area contributed by atoms with Gasteiger partial charge in [0.05, 0.1) is 6.04 Å².